The molecule has 11 N–H and O–H groups in total. The smallest absolute Gasteiger partial charge is 0.463 e. The standard InChI is InChI=1S/C71H129O24P/c1-4-7-10-13-16-19-22-25-27-29-32-33-36-39-42-45-55(73)87-49-52(90-57(75)47-44-41-38-35-30-24-21-18-15-12-9-6-3)50-89-96(85,86)95-69-67(93-70-65(83)60(78)58(76)53(48-72)91-70)63(81)62(80)64(82)68(69)94-71-66(84)61(79)59(77)54(92-71)51-88-56(74)46-43-40-37-34-31-28-26-23-20-17-14-11-8-5-2/h36,39,42,45,52-54,58-72,76-84H,4-35,37-38,40-41,43-44,46-51H2,1-3H3,(H,85,86)/b39-36+,45-42+. The third-order valence-corrected chi connectivity index (χ3v) is 19.3. The van der Waals surface area contributed by atoms with Gasteiger partial charge in [-0.25, -0.2) is 9.36 Å². The molecule has 2 saturated heterocycles. The van der Waals surface area contributed by atoms with Gasteiger partial charge in [0.15, 0.2) is 18.7 Å². The lowest BCUT2D eigenvalue weighted by molar-refractivity contribution is -0.360. The molecule has 0 aromatic heterocycles. The van der Waals surface area contributed by atoms with Gasteiger partial charge in [0.1, 0.15) is 98.7 Å². The van der Waals surface area contributed by atoms with E-state index in [4.69, 9.17) is 42.2 Å². The van der Waals surface area contributed by atoms with Crippen LogP contribution in [-0.4, -0.2) is 204 Å². The first-order valence-corrected chi connectivity index (χ1v) is 38.7. The zero-order valence-corrected chi connectivity index (χ0v) is 59.3. The van der Waals surface area contributed by atoms with Crippen molar-refractivity contribution in [1.29, 1.82) is 0 Å². The van der Waals surface area contributed by atoms with Crippen molar-refractivity contribution >= 4 is 25.7 Å². The van der Waals surface area contributed by atoms with Gasteiger partial charge in [-0.1, -0.05) is 257 Å². The van der Waals surface area contributed by atoms with Gasteiger partial charge in [0.05, 0.1) is 13.2 Å². The molecule has 2 aliphatic heterocycles. The number of carbonyl (C=O) groups excluding carboxylic acids is 3. The summed E-state index contributed by atoms with van der Waals surface area (Å²) in [5, 5.41) is 110. The summed E-state index contributed by atoms with van der Waals surface area (Å²) in [4.78, 5) is 50.8. The normalized spacial score (nSPS) is 28.1. The van der Waals surface area contributed by atoms with E-state index in [9.17, 15) is 74.9 Å². The number of rotatable bonds is 57. The number of hydrogen-bond donors (Lipinski definition) is 11. The lowest BCUT2D eigenvalue weighted by Gasteiger charge is -2.49. The fraction of sp³-hybridized carbons (Fsp3) is 0.901. The average molecular weight is 1400 g/mol. The van der Waals surface area contributed by atoms with E-state index in [1.807, 2.05) is 6.08 Å². The number of allylic oxidation sites excluding steroid dienone is 3. The van der Waals surface area contributed by atoms with E-state index in [0.717, 1.165) is 96.0 Å². The first-order valence-electron chi connectivity index (χ1n) is 37.2. The van der Waals surface area contributed by atoms with E-state index in [2.05, 4.69) is 20.8 Å². The van der Waals surface area contributed by atoms with Crippen LogP contribution in [-0.2, 0) is 61.2 Å². The molecule has 25 heteroatoms. The number of phosphoric acid groups is 1. The topological polar surface area (TPSA) is 374 Å². The molecule has 3 rings (SSSR count). The molecule has 562 valence electrons. The van der Waals surface area contributed by atoms with Crippen LogP contribution in [0, 0.1) is 0 Å². The monoisotopic (exact) mass is 1400 g/mol. The fourth-order valence-electron chi connectivity index (χ4n) is 12.3. The van der Waals surface area contributed by atoms with Gasteiger partial charge < -0.3 is 89.1 Å². The highest BCUT2D eigenvalue weighted by molar-refractivity contribution is 7.47. The molecule has 0 aromatic carbocycles. The summed E-state index contributed by atoms with van der Waals surface area (Å²) in [6.07, 6.45) is 13.2. The summed E-state index contributed by atoms with van der Waals surface area (Å²) >= 11 is 0. The van der Waals surface area contributed by atoms with E-state index >= 15 is 0 Å². The van der Waals surface area contributed by atoms with Crippen LogP contribution >= 0.6 is 7.82 Å². The maximum absolute atomic E-state index is 14.3. The van der Waals surface area contributed by atoms with Crippen molar-refractivity contribution < 1.29 is 117 Å². The maximum Gasteiger partial charge on any atom is 0.472 e. The Morgan fingerprint density at radius 2 is 0.802 bits per heavy atom. The van der Waals surface area contributed by atoms with Crippen LogP contribution in [0.25, 0.3) is 0 Å². The van der Waals surface area contributed by atoms with Crippen molar-refractivity contribution in [3.05, 3.63) is 24.3 Å². The third kappa shape index (κ3) is 36.4. The van der Waals surface area contributed by atoms with Crippen molar-refractivity contribution in [2.24, 2.45) is 0 Å². The van der Waals surface area contributed by atoms with Crippen molar-refractivity contribution in [3.63, 3.8) is 0 Å². The van der Waals surface area contributed by atoms with E-state index in [1.165, 1.54) is 147 Å². The van der Waals surface area contributed by atoms with Gasteiger partial charge in [0, 0.05) is 18.9 Å². The van der Waals surface area contributed by atoms with E-state index in [1.54, 1.807) is 6.08 Å². The Morgan fingerprint density at radius 3 is 1.23 bits per heavy atom. The molecule has 3 aliphatic rings. The largest absolute Gasteiger partial charge is 0.472 e. The predicted octanol–water partition coefficient (Wildman–Crippen LogP) is 9.74. The molecule has 24 nitrogen and oxygen atoms in total. The van der Waals surface area contributed by atoms with Crippen molar-refractivity contribution in [2.45, 2.75) is 382 Å². The molecule has 1 saturated carbocycles. The minimum absolute atomic E-state index is 0.0289. The van der Waals surface area contributed by atoms with Crippen LogP contribution in [0.5, 0.6) is 0 Å². The summed E-state index contributed by atoms with van der Waals surface area (Å²) in [5.41, 5.74) is 0. The number of phosphoric ester groups is 1. The number of hydrogen-bond acceptors (Lipinski definition) is 23. The molecular formula is C71H129O24P. The summed E-state index contributed by atoms with van der Waals surface area (Å²) in [5.74, 6) is -2.24. The van der Waals surface area contributed by atoms with Gasteiger partial charge in [-0.15, -0.1) is 0 Å². The van der Waals surface area contributed by atoms with Crippen LogP contribution in [0.15, 0.2) is 24.3 Å². The molecular weight excluding hydrogens is 1270 g/mol. The predicted molar refractivity (Wildman–Crippen MR) is 361 cm³/mol. The second-order valence-corrected chi connectivity index (χ2v) is 28.1. The van der Waals surface area contributed by atoms with Crippen LogP contribution in [0.1, 0.15) is 278 Å². The number of carbonyl (C=O) groups is 3. The van der Waals surface area contributed by atoms with Crippen molar-refractivity contribution in [3.8, 4) is 0 Å². The zero-order valence-electron chi connectivity index (χ0n) is 58.4. The number of esters is 3. The quantitative estimate of drug-likeness (QED) is 0.00673. The number of unbranched alkanes of at least 4 members (excludes halogenated alkanes) is 35. The van der Waals surface area contributed by atoms with Crippen molar-refractivity contribution in [2.75, 3.05) is 26.4 Å². The Morgan fingerprint density at radius 1 is 0.427 bits per heavy atom. The van der Waals surface area contributed by atoms with Gasteiger partial charge in [0.25, 0.3) is 0 Å². The fourth-order valence-corrected chi connectivity index (χ4v) is 13.2. The highest BCUT2D eigenvalue weighted by Crippen LogP contribution is 2.49. The molecule has 18 atom stereocenters. The SMILES string of the molecule is CCCCCCCCCCCCC/C=C/C=C/C(=O)OCC(COP(=O)(O)OC1C(OC2OC(CO)C(O)C(O)C2O)C(O)C(O)C(O)C1OC1OC(COC(=O)CCCCCCCCCCCCCCCC)C(O)C(O)C1O)OC(=O)CCCCCCCCCCCCCC. The summed E-state index contributed by atoms with van der Waals surface area (Å²) in [6.45, 7) is 3.32. The highest BCUT2D eigenvalue weighted by atomic mass is 31.2. The van der Waals surface area contributed by atoms with E-state index in [-0.39, 0.29) is 12.8 Å². The van der Waals surface area contributed by atoms with Gasteiger partial charge in [-0.05, 0) is 25.7 Å². The van der Waals surface area contributed by atoms with E-state index < -0.39 is 156 Å². The first kappa shape index (κ1) is 87.7. The van der Waals surface area contributed by atoms with Crippen LogP contribution in [0.3, 0.4) is 0 Å². The lowest BCUT2D eigenvalue weighted by Crippen LogP contribution is -2.69. The summed E-state index contributed by atoms with van der Waals surface area (Å²) in [6, 6.07) is 0. The zero-order chi connectivity index (χ0) is 70.4. The average Bonchev–Trinajstić information content (AvgIpc) is 0.767. The molecule has 0 amide bonds. The first-order chi connectivity index (χ1) is 46.3. The minimum atomic E-state index is -5.71. The van der Waals surface area contributed by atoms with Gasteiger partial charge >= 0.3 is 25.7 Å². The second kappa shape index (κ2) is 53.3. The molecule has 2 heterocycles. The van der Waals surface area contributed by atoms with Gasteiger partial charge in [0.2, 0.25) is 0 Å². The lowest BCUT2D eigenvalue weighted by atomic mass is 9.84. The number of aliphatic hydroxyl groups is 10. The van der Waals surface area contributed by atoms with Crippen LogP contribution in [0.2, 0.25) is 0 Å². The highest BCUT2D eigenvalue weighted by Gasteiger charge is 2.58. The minimum Gasteiger partial charge on any atom is -0.463 e. The van der Waals surface area contributed by atoms with Crippen molar-refractivity contribution in [1.82, 2.24) is 0 Å². The molecule has 1 aliphatic carbocycles. The maximum atomic E-state index is 14.3. The molecule has 0 radical (unpaired) electrons. The molecule has 18 unspecified atom stereocenters. The third-order valence-electron chi connectivity index (χ3n) is 18.3. The molecule has 0 bridgehead atoms. The van der Waals surface area contributed by atoms with Crippen LogP contribution in [0.4, 0.5) is 0 Å². The second-order valence-electron chi connectivity index (χ2n) is 26.7. The molecule has 0 spiro atoms. The van der Waals surface area contributed by atoms with Gasteiger partial charge in [-0.3, -0.25) is 18.6 Å². The Bertz CT molecular complexity index is 2090. The summed E-state index contributed by atoms with van der Waals surface area (Å²) < 4.78 is 64.7. The van der Waals surface area contributed by atoms with E-state index in [0.29, 0.717) is 12.8 Å². The summed E-state index contributed by atoms with van der Waals surface area (Å²) in [7, 11) is -5.71. The van der Waals surface area contributed by atoms with Crippen LogP contribution < -0.4 is 0 Å². The Balaban J connectivity index is 1.75. The Hall–Kier alpha value is -2.56. The molecule has 96 heavy (non-hydrogen) atoms. The van der Waals surface area contributed by atoms with Gasteiger partial charge in [-0.2, -0.15) is 0 Å². The molecule has 3 fully saturated rings. The Kier molecular flexibility index (Phi) is 48.7. The molecule has 0 aromatic rings. The number of ether oxygens (including phenoxy) is 7. The number of aliphatic hydroxyl groups excluding tert-OH is 10. The Labute approximate surface area is 573 Å².